The van der Waals surface area contributed by atoms with Crippen molar-refractivity contribution in [2.45, 2.75) is 31.7 Å². The van der Waals surface area contributed by atoms with Gasteiger partial charge in [-0.25, -0.2) is 0 Å². The molecule has 2 heterocycles. The molecule has 20 heavy (non-hydrogen) atoms. The zero-order chi connectivity index (χ0) is 13.9. The van der Waals surface area contributed by atoms with E-state index in [1.807, 2.05) is 12.1 Å². The van der Waals surface area contributed by atoms with Crippen molar-refractivity contribution in [2.24, 2.45) is 5.92 Å². The summed E-state index contributed by atoms with van der Waals surface area (Å²) in [5.41, 5.74) is 0.616. The van der Waals surface area contributed by atoms with E-state index in [9.17, 15) is 4.79 Å². The van der Waals surface area contributed by atoms with E-state index < -0.39 is 0 Å². The third-order valence-electron chi connectivity index (χ3n) is 3.68. The Morgan fingerprint density at radius 3 is 2.90 bits per heavy atom. The minimum absolute atomic E-state index is 0.0352. The lowest BCUT2D eigenvalue weighted by Crippen LogP contribution is -2.30. The van der Waals surface area contributed by atoms with E-state index in [1.165, 1.54) is 11.7 Å². The molecule has 0 aromatic carbocycles. The molecule has 1 saturated carbocycles. The lowest BCUT2D eigenvalue weighted by Gasteiger charge is -2.27. The van der Waals surface area contributed by atoms with Crippen molar-refractivity contribution >= 4 is 17.4 Å². The van der Waals surface area contributed by atoms with Crippen LogP contribution in [0, 0.1) is 5.92 Å². The molecule has 3 rings (SSSR count). The summed E-state index contributed by atoms with van der Waals surface area (Å²) < 4.78 is 6.18. The van der Waals surface area contributed by atoms with Gasteiger partial charge in [0.25, 0.3) is 0 Å². The van der Waals surface area contributed by atoms with Gasteiger partial charge in [-0.3, -0.25) is 4.79 Å². The van der Waals surface area contributed by atoms with Gasteiger partial charge in [-0.2, -0.15) is 0 Å². The van der Waals surface area contributed by atoms with Crippen molar-refractivity contribution in [2.75, 3.05) is 12.4 Å². The van der Waals surface area contributed by atoms with Crippen LogP contribution >= 0.6 is 0 Å². The number of aromatic nitrogens is 5. The fraction of sp³-hybridized carbons (Fsp3) is 0.583. The second-order valence-corrected chi connectivity index (χ2v) is 4.96. The highest BCUT2D eigenvalue weighted by molar-refractivity contribution is 5.72. The van der Waals surface area contributed by atoms with Crippen molar-refractivity contribution in [1.82, 2.24) is 25.3 Å². The number of rotatable bonds is 3. The van der Waals surface area contributed by atoms with Crippen LogP contribution in [-0.4, -0.2) is 44.4 Å². The molecule has 0 atom stereocenters. The summed E-state index contributed by atoms with van der Waals surface area (Å²) in [4.78, 5) is 11.5. The molecule has 0 bridgehead atoms. The van der Waals surface area contributed by atoms with E-state index in [1.54, 1.807) is 0 Å². The first-order valence-corrected chi connectivity index (χ1v) is 6.66. The van der Waals surface area contributed by atoms with Gasteiger partial charge in [0.05, 0.1) is 13.0 Å². The second kappa shape index (κ2) is 5.40. The third-order valence-corrected chi connectivity index (χ3v) is 3.68. The summed E-state index contributed by atoms with van der Waals surface area (Å²) in [6.07, 6.45) is 3.54. The molecule has 1 N–H and O–H groups in total. The molecule has 0 spiro atoms. The molecule has 0 amide bonds. The molecule has 2 aromatic heterocycles. The number of ether oxygens (including phenoxy) is 1. The predicted octanol–water partition coefficient (Wildman–Crippen LogP) is 0.663. The van der Waals surface area contributed by atoms with Gasteiger partial charge in [0, 0.05) is 6.04 Å². The van der Waals surface area contributed by atoms with Crippen molar-refractivity contribution in [3.63, 3.8) is 0 Å². The van der Waals surface area contributed by atoms with Crippen molar-refractivity contribution < 1.29 is 9.53 Å². The Hall–Kier alpha value is -2.25. The van der Waals surface area contributed by atoms with Gasteiger partial charge in [-0.15, -0.1) is 14.8 Å². The highest BCUT2D eigenvalue weighted by Gasteiger charge is 2.26. The van der Waals surface area contributed by atoms with Crippen LogP contribution in [0.25, 0.3) is 5.65 Å². The first-order valence-electron chi connectivity index (χ1n) is 6.66. The lowest BCUT2D eigenvalue weighted by molar-refractivity contribution is -0.146. The molecule has 0 unspecified atom stereocenters. The SMILES string of the molecule is COC(=O)C1CCC(Nc2ccc3nnnn3n2)CC1. The van der Waals surface area contributed by atoms with Crippen LogP contribution in [0.1, 0.15) is 25.7 Å². The van der Waals surface area contributed by atoms with E-state index in [0.717, 1.165) is 31.5 Å². The molecule has 1 aliphatic rings. The number of carbonyl (C=O) groups is 1. The Morgan fingerprint density at radius 1 is 1.35 bits per heavy atom. The molecule has 8 nitrogen and oxygen atoms in total. The number of hydrogen-bond donors (Lipinski definition) is 1. The smallest absolute Gasteiger partial charge is 0.308 e. The molecule has 1 fully saturated rings. The average Bonchev–Trinajstić information content (AvgIpc) is 2.95. The molecule has 2 aromatic rings. The van der Waals surface area contributed by atoms with Gasteiger partial charge >= 0.3 is 5.97 Å². The lowest BCUT2D eigenvalue weighted by atomic mass is 9.86. The average molecular weight is 276 g/mol. The van der Waals surface area contributed by atoms with Crippen molar-refractivity contribution in [3.05, 3.63) is 12.1 Å². The van der Waals surface area contributed by atoms with E-state index in [-0.39, 0.29) is 11.9 Å². The number of methoxy groups -OCH3 is 1. The number of esters is 1. The fourth-order valence-electron chi connectivity index (χ4n) is 2.58. The summed E-state index contributed by atoms with van der Waals surface area (Å²) in [7, 11) is 1.44. The number of nitrogens with one attached hydrogen (secondary N) is 1. The maximum Gasteiger partial charge on any atom is 0.308 e. The Balaban J connectivity index is 1.60. The Morgan fingerprint density at radius 2 is 2.15 bits per heavy atom. The summed E-state index contributed by atoms with van der Waals surface area (Å²) >= 11 is 0. The minimum Gasteiger partial charge on any atom is -0.469 e. The number of nitrogens with zero attached hydrogens (tertiary/aromatic N) is 5. The van der Waals surface area contributed by atoms with E-state index in [4.69, 9.17) is 4.74 Å². The van der Waals surface area contributed by atoms with Gasteiger partial charge in [0.2, 0.25) is 0 Å². The maximum absolute atomic E-state index is 11.5. The normalized spacial score (nSPS) is 22.6. The van der Waals surface area contributed by atoms with Crippen molar-refractivity contribution in [1.29, 1.82) is 0 Å². The van der Waals surface area contributed by atoms with E-state index in [2.05, 4.69) is 25.9 Å². The number of fused-ring (bicyclic) bond motifs is 1. The Labute approximate surface area is 115 Å². The maximum atomic E-state index is 11.5. The van der Waals surface area contributed by atoms with Gasteiger partial charge in [-0.05, 0) is 48.2 Å². The minimum atomic E-state index is -0.100. The molecule has 0 saturated heterocycles. The summed E-state index contributed by atoms with van der Waals surface area (Å²) in [6.45, 7) is 0. The van der Waals surface area contributed by atoms with Crippen LogP contribution < -0.4 is 5.32 Å². The third kappa shape index (κ3) is 2.54. The topological polar surface area (TPSA) is 94.3 Å². The van der Waals surface area contributed by atoms with Crippen LogP contribution in [0.4, 0.5) is 5.82 Å². The van der Waals surface area contributed by atoms with Crippen LogP contribution in [0.2, 0.25) is 0 Å². The van der Waals surface area contributed by atoms with E-state index in [0.29, 0.717) is 11.7 Å². The molecule has 0 radical (unpaired) electrons. The van der Waals surface area contributed by atoms with Gasteiger partial charge in [0.15, 0.2) is 5.65 Å². The molecular weight excluding hydrogens is 260 g/mol. The standard InChI is InChI=1S/C12H16N6O2/c1-20-12(19)8-2-4-9(5-3-8)13-10-6-7-11-14-16-17-18(11)15-10/h6-9H,2-5H2,1H3,(H,13,15). The summed E-state index contributed by atoms with van der Waals surface area (Å²) in [5.74, 6) is 0.677. The molecule has 106 valence electrons. The zero-order valence-corrected chi connectivity index (χ0v) is 11.2. The zero-order valence-electron chi connectivity index (χ0n) is 11.2. The monoisotopic (exact) mass is 276 g/mol. The largest absolute Gasteiger partial charge is 0.469 e. The fourth-order valence-corrected chi connectivity index (χ4v) is 2.58. The summed E-state index contributed by atoms with van der Waals surface area (Å²) in [6, 6.07) is 3.99. The van der Waals surface area contributed by atoms with Gasteiger partial charge in [0.1, 0.15) is 5.82 Å². The first kappa shape index (κ1) is 12.8. The van der Waals surface area contributed by atoms with Crippen LogP contribution in [0.5, 0.6) is 0 Å². The molecule has 8 heteroatoms. The second-order valence-electron chi connectivity index (χ2n) is 4.96. The quantitative estimate of drug-likeness (QED) is 0.823. The van der Waals surface area contributed by atoms with Crippen molar-refractivity contribution in [3.8, 4) is 0 Å². The van der Waals surface area contributed by atoms with Crippen LogP contribution in [-0.2, 0) is 9.53 Å². The first-order chi connectivity index (χ1) is 9.76. The van der Waals surface area contributed by atoms with Crippen LogP contribution in [0.3, 0.4) is 0 Å². The Kier molecular flexibility index (Phi) is 3.44. The highest BCUT2D eigenvalue weighted by Crippen LogP contribution is 2.26. The molecule has 0 aliphatic heterocycles. The number of hydrogen-bond acceptors (Lipinski definition) is 7. The van der Waals surface area contributed by atoms with Crippen LogP contribution in [0.15, 0.2) is 12.1 Å². The van der Waals surface area contributed by atoms with Gasteiger partial charge < -0.3 is 10.1 Å². The molecule has 1 aliphatic carbocycles. The number of carbonyl (C=O) groups excluding carboxylic acids is 1. The van der Waals surface area contributed by atoms with Gasteiger partial charge in [-0.1, -0.05) is 0 Å². The van der Waals surface area contributed by atoms with E-state index >= 15 is 0 Å². The summed E-state index contributed by atoms with van der Waals surface area (Å²) in [5, 5.41) is 18.8. The Bertz CT molecular complexity index is 605. The molecular formula is C12H16N6O2. The highest BCUT2D eigenvalue weighted by atomic mass is 16.5. The number of tetrazole rings is 1. The number of anilines is 1. The predicted molar refractivity (Wildman–Crippen MR) is 70.0 cm³/mol.